The fraction of sp³-hybridized carbons (Fsp3) is 0.462. The van der Waals surface area contributed by atoms with Crippen LogP contribution in [0.1, 0.15) is 11.1 Å². The number of benzene rings is 1. The van der Waals surface area contributed by atoms with Crippen LogP contribution in [0.4, 0.5) is 5.69 Å². The lowest BCUT2D eigenvalue weighted by Crippen LogP contribution is -2.30. The monoisotopic (exact) mass is 351 g/mol. The van der Waals surface area contributed by atoms with Gasteiger partial charge in [-0.15, -0.1) is 12.4 Å². The van der Waals surface area contributed by atoms with Crippen LogP contribution in [0.15, 0.2) is 17.0 Å². The zero-order valence-electron chi connectivity index (χ0n) is 12.8. The highest BCUT2D eigenvalue weighted by Crippen LogP contribution is 2.23. The first-order chi connectivity index (χ1) is 9.75. The number of carbonyl (C=O) groups excluding carboxylic acids is 1. The van der Waals surface area contributed by atoms with Crippen molar-refractivity contribution in [3.63, 3.8) is 0 Å². The van der Waals surface area contributed by atoms with Gasteiger partial charge in [0.1, 0.15) is 0 Å². The SMILES string of the molecule is COCCNCC(=O)Nc1cc(S(N)(=O)=O)cc(C)c1C.Cl. The Morgan fingerprint density at radius 2 is 1.95 bits per heavy atom. The molecule has 0 spiro atoms. The molecule has 1 aromatic carbocycles. The number of carbonyl (C=O) groups is 1. The molecule has 0 saturated heterocycles. The molecule has 1 rings (SSSR count). The van der Waals surface area contributed by atoms with E-state index in [1.807, 2.05) is 0 Å². The number of methoxy groups -OCH3 is 1. The minimum Gasteiger partial charge on any atom is -0.383 e. The summed E-state index contributed by atoms with van der Waals surface area (Å²) >= 11 is 0. The second-order valence-electron chi connectivity index (χ2n) is 4.68. The predicted octanol–water partition coefficient (Wildman–Crippen LogP) is 0.547. The molecule has 0 bridgehead atoms. The van der Waals surface area contributed by atoms with Gasteiger partial charge in [0.2, 0.25) is 15.9 Å². The Morgan fingerprint density at radius 1 is 1.32 bits per heavy atom. The smallest absolute Gasteiger partial charge is 0.238 e. The van der Waals surface area contributed by atoms with Crippen LogP contribution in [0.2, 0.25) is 0 Å². The van der Waals surface area contributed by atoms with Crippen molar-refractivity contribution in [2.24, 2.45) is 5.14 Å². The summed E-state index contributed by atoms with van der Waals surface area (Å²) in [7, 11) is -2.23. The quantitative estimate of drug-likeness (QED) is 0.621. The molecule has 0 saturated carbocycles. The molecule has 0 aliphatic heterocycles. The maximum Gasteiger partial charge on any atom is 0.238 e. The van der Waals surface area contributed by atoms with E-state index in [2.05, 4.69) is 10.6 Å². The Kier molecular flexibility index (Phi) is 8.57. The Labute approximate surface area is 137 Å². The van der Waals surface area contributed by atoms with Crippen molar-refractivity contribution in [3.05, 3.63) is 23.3 Å². The molecule has 0 heterocycles. The normalized spacial score (nSPS) is 10.9. The van der Waals surface area contributed by atoms with E-state index in [0.717, 1.165) is 11.1 Å². The van der Waals surface area contributed by atoms with Gasteiger partial charge in [0.15, 0.2) is 0 Å². The molecular weight excluding hydrogens is 330 g/mol. The molecule has 4 N–H and O–H groups in total. The van der Waals surface area contributed by atoms with E-state index in [1.54, 1.807) is 21.0 Å². The molecule has 0 atom stereocenters. The molecule has 0 radical (unpaired) electrons. The second-order valence-corrected chi connectivity index (χ2v) is 6.24. The van der Waals surface area contributed by atoms with Gasteiger partial charge in [-0.05, 0) is 37.1 Å². The van der Waals surface area contributed by atoms with Crippen LogP contribution in [0.25, 0.3) is 0 Å². The van der Waals surface area contributed by atoms with E-state index in [0.29, 0.717) is 18.8 Å². The fourth-order valence-corrected chi connectivity index (χ4v) is 2.31. The molecule has 0 fully saturated rings. The van der Waals surface area contributed by atoms with E-state index >= 15 is 0 Å². The summed E-state index contributed by atoms with van der Waals surface area (Å²) in [5.41, 5.74) is 1.98. The summed E-state index contributed by atoms with van der Waals surface area (Å²) in [6, 6.07) is 2.85. The third-order valence-electron chi connectivity index (χ3n) is 3.01. The number of primary sulfonamides is 1. The molecule has 7 nitrogen and oxygen atoms in total. The molecule has 1 aromatic rings. The van der Waals surface area contributed by atoms with Gasteiger partial charge in [0, 0.05) is 19.3 Å². The standard InChI is InChI=1S/C13H21N3O4S.ClH/c1-9-6-11(21(14,18)19)7-12(10(9)2)16-13(17)8-15-4-5-20-3;/h6-7,15H,4-5,8H2,1-3H3,(H,16,17)(H2,14,18,19);1H. The molecule has 1 amide bonds. The minimum absolute atomic E-state index is 0. The highest BCUT2D eigenvalue weighted by Gasteiger charge is 2.14. The lowest BCUT2D eigenvalue weighted by atomic mass is 10.1. The summed E-state index contributed by atoms with van der Waals surface area (Å²) in [5, 5.41) is 10.7. The number of nitrogens with one attached hydrogen (secondary N) is 2. The number of sulfonamides is 1. The number of rotatable bonds is 7. The van der Waals surface area contributed by atoms with Gasteiger partial charge >= 0.3 is 0 Å². The maximum absolute atomic E-state index is 11.8. The molecular formula is C13H22ClN3O4S. The second kappa shape index (κ2) is 9.06. The lowest BCUT2D eigenvalue weighted by Gasteiger charge is -2.13. The van der Waals surface area contributed by atoms with Gasteiger partial charge in [-0.1, -0.05) is 0 Å². The van der Waals surface area contributed by atoms with Crippen LogP contribution in [-0.4, -0.2) is 41.1 Å². The number of ether oxygens (including phenoxy) is 1. The van der Waals surface area contributed by atoms with E-state index in [9.17, 15) is 13.2 Å². The average molecular weight is 352 g/mol. The summed E-state index contributed by atoms with van der Waals surface area (Å²) in [4.78, 5) is 11.8. The van der Waals surface area contributed by atoms with Crippen LogP contribution in [0.5, 0.6) is 0 Å². The zero-order valence-corrected chi connectivity index (χ0v) is 14.4. The number of aryl methyl sites for hydroxylation is 1. The maximum atomic E-state index is 11.8. The molecule has 0 aromatic heterocycles. The number of hydrogen-bond acceptors (Lipinski definition) is 5. The summed E-state index contributed by atoms with van der Waals surface area (Å²) in [6.45, 7) is 4.74. The Bertz CT molecular complexity index is 620. The zero-order chi connectivity index (χ0) is 16.0. The topological polar surface area (TPSA) is 111 Å². The van der Waals surface area contributed by atoms with Crippen molar-refractivity contribution >= 4 is 34.0 Å². The molecule has 9 heteroatoms. The number of nitrogens with two attached hydrogens (primary N) is 1. The summed E-state index contributed by atoms with van der Waals surface area (Å²) in [6.07, 6.45) is 0. The van der Waals surface area contributed by atoms with Gasteiger partial charge in [0.25, 0.3) is 0 Å². The average Bonchev–Trinajstić information content (AvgIpc) is 2.38. The van der Waals surface area contributed by atoms with Gasteiger partial charge in [0.05, 0.1) is 18.0 Å². The lowest BCUT2D eigenvalue weighted by molar-refractivity contribution is -0.115. The summed E-state index contributed by atoms with van der Waals surface area (Å²) < 4.78 is 27.7. The first-order valence-corrected chi connectivity index (χ1v) is 7.94. The number of anilines is 1. The molecule has 0 unspecified atom stereocenters. The van der Waals surface area contributed by atoms with E-state index in [-0.39, 0.29) is 29.8 Å². The third kappa shape index (κ3) is 6.29. The van der Waals surface area contributed by atoms with Crippen LogP contribution in [0.3, 0.4) is 0 Å². The van der Waals surface area contributed by atoms with Crippen LogP contribution in [-0.2, 0) is 19.6 Å². The first-order valence-electron chi connectivity index (χ1n) is 6.39. The van der Waals surface area contributed by atoms with Crippen molar-refractivity contribution in [2.75, 3.05) is 32.1 Å². The molecule has 0 aliphatic carbocycles. The fourth-order valence-electron chi connectivity index (χ4n) is 1.69. The van der Waals surface area contributed by atoms with E-state index in [1.165, 1.54) is 12.1 Å². The third-order valence-corrected chi connectivity index (χ3v) is 3.90. The van der Waals surface area contributed by atoms with Crippen molar-refractivity contribution in [1.29, 1.82) is 0 Å². The Hall–Kier alpha value is -1.19. The van der Waals surface area contributed by atoms with Crippen molar-refractivity contribution in [3.8, 4) is 0 Å². The van der Waals surface area contributed by atoms with Crippen molar-refractivity contribution in [2.45, 2.75) is 18.7 Å². The predicted molar refractivity (Wildman–Crippen MR) is 87.9 cm³/mol. The van der Waals surface area contributed by atoms with Crippen LogP contribution >= 0.6 is 12.4 Å². The van der Waals surface area contributed by atoms with Crippen LogP contribution < -0.4 is 15.8 Å². The van der Waals surface area contributed by atoms with E-state index in [4.69, 9.17) is 9.88 Å². The number of hydrogen-bond donors (Lipinski definition) is 3. The van der Waals surface area contributed by atoms with Crippen LogP contribution in [0, 0.1) is 13.8 Å². The Morgan fingerprint density at radius 3 is 2.50 bits per heavy atom. The molecule has 22 heavy (non-hydrogen) atoms. The molecule has 126 valence electrons. The number of amides is 1. The number of halogens is 1. The van der Waals surface area contributed by atoms with Gasteiger partial charge in [-0.2, -0.15) is 0 Å². The van der Waals surface area contributed by atoms with Gasteiger partial charge < -0.3 is 15.4 Å². The highest BCUT2D eigenvalue weighted by molar-refractivity contribution is 7.89. The van der Waals surface area contributed by atoms with Crippen molar-refractivity contribution < 1.29 is 17.9 Å². The first kappa shape index (κ1) is 20.8. The van der Waals surface area contributed by atoms with E-state index < -0.39 is 10.0 Å². The minimum atomic E-state index is -3.81. The highest BCUT2D eigenvalue weighted by atomic mass is 35.5. The largest absolute Gasteiger partial charge is 0.383 e. The summed E-state index contributed by atoms with van der Waals surface area (Å²) in [5.74, 6) is -0.264. The Balaban J connectivity index is 0.00000441. The van der Waals surface area contributed by atoms with Gasteiger partial charge in [-0.25, -0.2) is 13.6 Å². The van der Waals surface area contributed by atoms with Crippen molar-refractivity contribution in [1.82, 2.24) is 5.32 Å². The van der Waals surface area contributed by atoms with Gasteiger partial charge in [-0.3, -0.25) is 4.79 Å². The molecule has 0 aliphatic rings.